The Hall–Kier alpha value is -2.16. The van der Waals surface area contributed by atoms with E-state index in [4.69, 9.17) is 4.74 Å². The average Bonchev–Trinajstić information content (AvgIpc) is 2.39. The highest BCUT2D eigenvalue weighted by molar-refractivity contribution is 5.85. The molecule has 16 heavy (non-hydrogen) atoms. The zero-order chi connectivity index (χ0) is 11.4. The SMILES string of the molecule is COc1cnc(C=O)c(-c2ccccc2)c1. The first-order chi connectivity index (χ1) is 7.85. The van der Waals surface area contributed by atoms with Gasteiger partial charge in [-0.2, -0.15) is 0 Å². The fourth-order valence-electron chi connectivity index (χ4n) is 1.51. The summed E-state index contributed by atoms with van der Waals surface area (Å²) in [5.74, 6) is 0.643. The largest absolute Gasteiger partial charge is 0.495 e. The molecule has 80 valence electrons. The summed E-state index contributed by atoms with van der Waals surface area (Å²) in [6, 6.07) is 11.4. The molecule has 3 heteroatoms. The summed E-state index contributed by atoms with van der Waals surface area (Å²) in [6.45, 7) is 0. The third-order valence-corrected chi connectivity index (χ3v) is 2.33. The van der Waals surface area contributed by atoms with Gasteiger partial charge in [-0.1, -0.05) is 30.3 Å². The van der Waals surface area contributed by atoms with Gasteiger partial charge in [-0.05, 0) is 11.6 Å². The molecule has 2 aromatic rings. The number of hydrogen-bond acceptors (Lipinski definition) is 3. The van der Waals surface area contributed by atoms with Crippen LogP contribution in [-0.2, 0) is 0 Å². The molecular formula is C13H11NO2. The molecule has 0 aliphatic rings. The molecule has 1 aromatic carbocycles. The number of pyridine rings is 1. The molecule has 0 saturated carbocycles. The smallest absolute Gasteiger partial charge is 0.169 e. The van der Waals surface area contributed by atoms with Crippen molar-refractivity contribution < 1.29 is 9.53 Å². The highest BCUT2D eigenvalue weighted by Gasteiger charge is 2.07. The van der Waals surface area contributed by atoms with E-state index in [1.54, 1.807) is 7.11 Å². The monoisotopic (exact) mass is 213 g/mol. The molecule has 1 aromatic heterocycles. The lowest BCUT2D eigenvalue weighted by atomic mass is 10.0. The third-order valence-electron chi connectivity index (χ3n) is 2.33. The molecule has 0 spiro atoms. The summed E-state index contributed by atoms with van der Waals surface area (Å²) in [7, 11) is 1.58. The van der Waals surface area contributed by atoms with Crippen molar-refractivity contribution in [1.82, 2.24) is 4.98 Å². The van der Waals surface area contributed by atoms with Crippen LogP contribution in [0.25, 0.3) is 11.1 Å². The summed E-state index contributed by atoms with van der Waals surface area (Å²) >= 11 is 0. The van der Waals surface area contributed by atoms with Crippen LogP contribution in [0.1, 0.15) is 10.5 Å². The van der Waals surface area contributed by atoms with Gasteiger partial charge in [0.05, 0.1) is 13.3 Å². The fourth-order valence-corrected chi connectivity index (χ4v) is 1.51. The van der Waals surface area contributed by atoms with Crippen LogP contribution in [0, 0.1) is 0 Å². The second kappa shape index (κ2) is 4.57. The van der Waals surface area contributed by atoms with Gasteiger partial charge in [-0.15, -0.1) is 0 Å². The van der Waals surface area contributed by atoms with Gasteiger partial charge in [0.1, 0.15) is 11.4 Å². The number of rotatable bonds is 3. The number of carbonyl (C=O) groups excluding carboxylic acids is 1. The number of nitrogens with zero attached hydrogens (tertiary/aromatic N) is 1. The zero-order valence-electron chi connectivity index (χ0n) is 8.88. The number of hydrogen-bond donors (Lipinski definition) is 0. The first-order valence-electron chi connectivity index (χ1n) is 4.90. The van der Waals surface area contributed by atoms with Crippen molar-refractivity contribution >= 4 is 6.29 Å². The third kappa shape index (κ3) is 1.93. The highest BCUT2D eigenvalue weighted by Crippen LogP contribution is 2.25. The molecule has 0 bridgehead atoms. The van der Waals surface area contributed by atoms with E-state index in [2.05, 4.69) is 4.98 Å². The van der Waals surface area contributed by atoms with E-state index in [9.17, 15) is 4.79 Å². The minimum atomic E-state index is 0.423. The number of methoxy groups -OCH3 is 1. The lowest BCUT2D eigenvalue weighted by Crippen LogP contribution is -1.94. The Bertz CT molecular complexity index is 495. The van der Waals surface area contributed by atoms with Crippen LogP contribution >= 0.6 is 0 Å². The molecule has 0 aliphatic carbocycles. The van der Waals surface area contributed by atoms with Gasteiger partial charge >= 0.3 is 0 Å². The van der Waals surface area contributed by atoms with E-state index in [1.165, 1.54) is 6.20 Å². The fraction of sp³-hybridized carbons (Fsp3) is 0.0769. The molecule has 0 radical (unpaired) electrons. The number of aromatic nitrogens is 1. The maximum absolute atomic E-state index is 10.9. The van der Waals surface area contributed by atoms with Crippen LogP contribution in [0.15, 0.2) is 42.6 Å². The lowest BCUT2D eigenvalue weighted by Gasteiger charge is -2.06. The maximum Gasteiger partial charge on any atom is 0.169 e. The molecular weight excluding hydrogens is 202 g/mol. The van der Waals surface area contributed by atoms with Crippen LogP contribution in [0.4, 0.5) is 0 Å². The second-order valence-electron chi connectivity index (χ2n) is 3.29. The van der Waals surface area contributed by atoms with Gasteiger partial charge in [-0.25, -0.2) is 4.98 Å². The summed E-state index contributed by atoms with van der Waals surface area (Å²) < 4.78 is 5.10. The average molecular weight is 213 g/mol. The number of aldehydes is 1. The Balaban J connectivity index is 2.57. The first kappa shape index (κ1) is 10.4. The topological polar surface area (TPSA) is 39.2 Å². The number of benzene rings is 1. The Morgan fingerprint density at radius 3 is 2.62 bits per heavy atom. The summed E-state index contributed by atoms with van der Waals surface area (Å²) in [5.41, 5.74) is 2.16. The Kier molecular flexibility index (Phi) is 2.96. The zero-order valence-corrected chi connectivity index (χ0v) is 8.88. The van der Waals surface area contributed by atoms with Gasteiger partial charge in [-0.3, -0.25) is 4.79 Å². The highest BCUT2D eigenvalue weighted by atomic mass is 16.5. The number of ether oxygens (including phenoxy) is 1. The minimum Gasteiger partial charge on any atom is -0.495 e. The summed E-state index contributed by atoms with van der Waals surface area (Å²) in [4.78, 5) is 14.9. The predicted octanol–water partition coefficient (Wildman–Crippen LogP) is 2.57. The van der Waals surface area contributed by atoms with E-state index in [0.717, 1.165) is 17.4 Å². The molecule has 0 N–H and O–H groups in total. The Morgan fingerprint density at radius 2 is 2.00 bits per heavy atom. The van der Waals surface area contributed by atoms with E-state index < -0.39 is 0 Å². The van der Waals surface area contributed by atoms with E-state index in [0.29, 0.717) is 11.4 Å². The van der Waals surface area contributed by atoms with Crippen molar-refractivity contribution in [3.05, 3.63) is 48.3 Å². The molecule has 2 rings (SSSR count). The van der Waals surface area contributed by atoms with Crippen molar-refractivity contribution in [2.45, 2.75) is 0 Å². The van der Waals surface area contributed by atoms with Crippen molar-refractivity contribution in [3.8, 4) is 16.9 Å². The van der Waals surface area contributed by atoms with Crippen LogP contribution in [0.5, 0.6) is 5.75 Å². The number of carbonyl (C=O) groups is 1. The molecule has 0 aliphatic heterocycles. The van der Waals surface area contributed by atoms with E-state index >= 15 is 0 Å². The van der Waals surface area contributed by atoms with E-state index in [-0.39, 0.29) is 0 Å². The van der Waals surface area contributed by atoms with Crippen molar-refractivity contribution in [3.63, 3.8) is 0 Å². The molecule has 0 saturated heterocycles. The quantitative estimate of drug-likeness (QED) is 0.735. The lowest BCUT2D eigenvalue weighted by molar-refractivity contribution is 0.111. The van der Waals surface area contributed by atoms with Gasteiger partial charge < -0.3 is 4.74 Å². The molecule has 0 unspecified atom stereocenters. The van der Waals surface area contributed by atoms with Gasteiger partial charge in [0, 0.05) is 5.56 Å². The van der Waals surface area contributed by atoms with Crippen molar-refractivity contribution in [2.75, 3.05) is 7.11 Å². The summed E-state index contributed by atoms with van der Waals surface area (Å²) in [6.07, 6.45) is 2.29. The molecule has 0 atom stereocenters. The maximum atomic E-state index is 10.9. The van der Waals surface area contributed by atoms with Gasteiger partial charge in [0.2, 0.25) is 0 Å². The van der Waals surface area contributed by atoms with Crippen LogP contribution in [0.3, 0.4) is 0 Å². The van der Waals surface area contributed by atoms with Crippen LogP contribution < -0.4 is 4.74 Å². The minimum absolute atomic E-state index is 0.423. The Morgan fingerprint density at radius 1 is 1.25 bits per heavy atom. The summed E-state index contributed by atoms with van der Waals surface area (Å²) in [5, 5.41) is 0. The van der Waals surface area contributed by atoms with Gasteiger partial charge in [0.25, 0.3) is 0 Å². The van der Waals surface area contributed by atoms with Crippen LogP contribution in [-0.4, -0.2) is 18.4 Å². The van der Waals surface area contributed by atoms with Crippen molar-refractivity contribution in [2.24, 2.45) is 0 Å². The normalized spacial score (nSPS) is 9.81. The first-order valence-corrected chi connectivity index (χ1v) is 4.90. The van der Waals surface area contributed by atoms with Crippen LogP contribution in [0.2, 0.25) is 0 Å². The van der Waals surface area contributed by atoms with Gasteiger partial charge in [0.15, 0.2) is 6.29 Å². The molecule has 0 fully saturated rings. The molecule has 0 amide bonds. The predicted molar refractivity (Wildman–Crippen MR) is 61.6 cm³/mol. The van der Waals surface area contributed by atoms with Crippen molar-refractivity contribution in [1.29, 1.82) is 0 Å². The Labute approximate surface area is 93.7 Å². The standard InChI is InChI=1S/C13H11NO2/c1-16-11-7-12(13(9-15)14-8-11)10-5-3-2-4-6-10/h2-9H,1H3. The molecule has 1 heterocycles. The van der Waals surface area contributed by atoms with E-state index in [1.807, 2.05) is 36.4 Å². The molecule has 3 nitrogen and oxygen atoms in total. The second-order valence-corrected chi connectivity index (χ2v) is 3.29.